The van der Waals surface area contributed by atoms with E-state index in [-0.39, 0.29) is 5.02 Å². The van der Waals surface area contributed by atoms with Crippen LogP contribution in [-0.2, 0) is 6.54 Å². The molecule has 1 N–H and O–H groups in total. The molecule has 17 heavy (non-hydrogen) atoms. The lowest BCUT2D eigenvalue weighted by molar-refractivity contribution is 0.628. The number of benzene rings is 2. The van der Waals surface area contributed by atoms with Gasteiger partial charge in [-0.3, -0.25) is 0 Å². The first-order chi connectivity index (χ1) is 8.15. The van der Waals surface area contributed by atoms with Gasteiger partial charge >= 0.3 is 0 Å². The van der Waals surface area contributed by atoms with Crippen LogP contribution in [-0.4, -0.2) is 0 Å². The molecule has 0 fully saturated rings. The highest BCUT2D eigenvalue weighted by atomic mass is 79.9. The van der Waals surface area contributed by atoms with Crippen molar-refractivity contribution in [3.63, 3.8) is 0 Å². The van der Waals surface area contributed by atoms with Crippen LogP contribution in [0.5, 0.6) is 0 Å². The highest BCUT2D eigenvalue weighted by Crippen LogP contribution is 2.20. The highest BCUT2D eigenvalue weighted by Gasteiger charge is 2.00. The molecule has 0 radical (unpaired) electrons. The van der Waals surface area contributed by atoms with Gasteiger partial charge in [0.15, 0.2) is 0 Å². The fourth-order valence-electron chi connectivity index (χ4n) is 1.41. The molecule has 0 aliphatic rings. The maximum Gasteiger partial charge on any atom is 0.141 e. The minimum Gasteiger partial charge on any atom is -0.381 e. The summed E-state index contributed by atoms with van der Waals surface area (Å²) in [5.74, 6) is -0.402. The van der Waals surface area contributed by atoms with E-state index in [9.17, 15) is 4.39 Å². The van der Waals surface area contributed by atoms with E-state index in [4.69, 9.17) is 11.6 Å². The van der Waals surface area contributed by atoms with Crippen LogP contribution in [0, 0.1) is 5.82 Å². The first-order valence-corrected chi connectivity index (χ1v) is 6.25. The van der Waals surface area contributed by atoms with Gasteiger partial charge in [0.1, 0.15) is 5.82 Å². The summed E-state index contributed by atoms with van der Waals surface area (Å²) in [4.78, 5) is 0. The Morgan fingerprint density at radius 3 is 2.47 bits per heavy atom. The Morgan fingerprint density at radius 2 is 1.82 bits per heavy atom. The smallest absolute Gasteiger partial charge is 0.141 e. The molecule has 0 saturated carbocycles. The molecule has 0 aromatic heterocycles. The predicted octanol–water partition coefficient (Wildman–Crippen LogP) is 4.85. The standard InChI is InChI=1S/C13H10BrClFN/c14-10-3-1-9(2-4-10)8-17-11-5-6-13(16)12(15)7-11/h1-7,17H,8H2. The molecule has 88 valence electrons. The second-order valence-corrected chi connectivity index (χ2v) is 4.93. The Hall–Kier alpha value is -1.06. The Balaban J connectivity index is 2.02. The van der Waals surface area contributed by atoms with Gasteiger partial charge in [0, 0.05) is 16.7 Å². The van der Waals surface area contributed by atoms with E-state index in [2.05, 4.69) is 21.2 Å². The highest BCUT2D eigenvalue weighted by molar-refractivity contribution is 9.10. The molecule has 0 aliphatic heterocycles. The van der Waals surface area contributed by atoms with Crippen LogP contribution in [0.1, 0.15) is 5.56 Å². The van der Waals surface area contributed by atoms with Crippen molar-refractivity contribution in [2.24, 2.45) is 0 Å². The summed E-state index contributed by atoms with van der Waals surface area (Å²) in [5.41, 5.74) is 1.95. The van der Waals surface area contributed by atoms with Crippen molar-refractivity contribution in [1.82, 2.24) is 0 Å². The van der Waals surface area contributed by atoms with E-state index in [1.54, 1.807) is 12.1 Å². The van der Waals surface area contributed by atoms with Gasteiger partial charge in [-0.25, -0.2) is 4.39 Å². The molecule has 0 bridgehead atoms. The van der Waals surface area contributed by atoms with Gasteiger partial charge in [-0.15, -0.1) is 0 Å². The van der Waals surface area contributed by atoms with Gasteiger partial charge in [0.25, 0.3) is 0 Å². The van der Waals surface area contributed by atoms with Crippen LogP contribution in [0.3, 0.4) is 0 Å². The van der Waals surface area contributed by atoms with Crippen LogP contribution in [0.15, 0.2) is 46.9 Å². The molecule has 0 amide bonds. The number of nitrogens with one attached hydrogen (secondary N) is 1. The van der Waals surface area contributed by atoms with E-state index in [1.807, 2.05) is 24.3 Å². The molecule has 0 unspecified atom stereocenters. The number of hydrogen-bond donors (Lipinski definition) is 1. The van der Waals surface area contributed by atoms with Gasteiger partial charge in [-0.05, 0) is 35.9 Å². The lowest BCUT2D eigenvalue weighted by Crippen LogP contribution is -1.99. The zero-order valence-corrected chi connectivity index (χ0v) is 11.2. The maximum atomic E-state index is 12.9. The molecule has 2 aromatic carbocycles. The minimum atomic E-state index is -0.402. The summed E-state index contributed by atoms with van der Waals surface area (Å²) < 4.78 is 14.0. The zero-order valence-electron chi connectivity index (χ0n) is 8.88. The molecule has 0 aliphatic carbocycles. The third-order valence-corrected chi connectivity index (χ3v) is 3.15. The average molecular weight is 315 g/mol. The van der Waals surface area contributed by atoms with Gasteiger partial charge in [-0.2, -0.15) is 0 Å². The fraction of sp³-hybridized carbons (Fsp3) is 0.0769. The first-order valence-electron chi connectivity index (χ1n) is 5.08. The number of hydrogen-bond acceptors (Lipinski definition) is 1. The van der Waals surface area contributed by atoms with Gasteiger partial charge in [0.2, 0.25) is 0 Å². The molecular weight excluding hydrogens is 305 g/mol. The number of anilines is 1. The third-order valence-electron chi connectivity index (χ3n) is 2.33. The second kappa shape index (κ2) is 5.52. The largest absolute Gasteiger partial charge is 0.381 e. The molecule has 0 heterocycles. The summed E-state index contributed by atoms with van der Waals surface area (Å²) >= 11 is 9.07. The Kier molecular flexibility index (Phi) is 4.02. The van der Waals surface area contributed by atoms with Crippen molar-refractivity contribution in [2.45, 2.75) is 6.54 Å². The van der Waals surface area contributed by atoms with Gasteiger partial charge in [-0.1, -0.05) is 39.7 Å². The van der Waals surface area contributed by atoms with Crippen molar-refractivity contribution < 1.29 is 4.39 Å². The lowest BCUT2D eigenvalue weighted by atomic mass is 10.2. The molecule has 4 heteroatoms. The maximum absolute atomic E-state index is 12.9. The third kappa shape index (κ3) is 3.45. The van der Waals surface area contributed by atoms with E-state index in [0.29, 0.717) is 6.54 Å². The molecule has 2 aromatic rings. The summed E-state index contributed by atoms with van der Waals surface area (Å²) in [6, 6.07) is 12.6. The first kappa shape index (κ1) is 12.4. The molecule has 0 saturated heterocycles. The Morgan fingerprint density at radius 1 is 1.12 bits per heavy atom. The molecule has 0 atom stereocenters. The van der Waals surface area contributed by atoms with Crippen LogP contribution in [0.4, 0.5) is 10.1 Å². The van der Waals surface area contributed by atoms with Crippen LogP contribution < -0.4 is 5.32 Å². The minimum absolute atomic E-state index is 0.130. The molecule has 0 spiro atoms. The topological polar surface area (TPSA) is 12.0 Å². The van der Waals surface area contributed by atoms with E-state index >= 15 is 0 Å². The number of halogens is 3. The summed E-state index contributed by atoms with van der Waals surface area (Å²) in [6.45, 7) is 0.676. The van der Waals surface area contributed by atoms with Crippen LogP contribution in [0.2, 0.25) is 5.02 Å². The quantitative estimate of drug-likeness (QED) is 0.853. The Bertz CT molecular complexity index is 513. The van der Waals surface area contributed by atoms with Gasteiger partial charge < -0.3 is 5.32 Å². The molecular formula is C13H10BrClFN. The van der Waals surface area contributed by atoms with E-state index in [0.717, 1.165) is 15.7 Å². The van der Waals surface area contributed by atoms with Crippen molar-refractivity contribution in [1.29, 1.82) is 0 Å². The zero-order chi connectivity index (χ0) is 12.3. The normalized spacial score (nSPS) is 10.3. The monoisotopic (exact) mass is 313 g/mol. The second-order valence-electron chi connectivity index (χ2n) is 3.61. The summed E-state index contributed by atoms with van der Waals surface area (Å²) in [6.07, 6.45) is 0. The lowest BCUT2D eigenvalue weighted by Gasteiger charge is -2.07. The van der Waals surface area contributed by atoms with Crippen molar-refractivity contribution in [3.05, 3.63) is 63.3 Å². The average Bonchev–Trinajstić information content (AvgIpc) is 2.33. The summed E-state index contributed by atoms with van der Waals surface area (Å²) in [5, 5.41) is 3.31. The molecule has 1 nitrogen and oxygen atoms in total. The number of rotatable bonds is 3. The van der Waals surface area contributed by atoms with E-state index in [1.165, 1.54) is 6.07 Å². The van der Waals surface area contributed by atoms with E-state index < -0.39 is 5.82 Å². The van der Waals surface area contributed by atoms with Crippen LogP contribution >= 0.6 is 27.5 Å². The van der Waals surface area contributed by atoms with Crippen molar-refractivity contribution >= 4 is 33.2 Å². The van der Waals surface area contributed by atoms with Crippen LogP contribution in [0.25, 0.3) is 0 Å². The SMILES string of the molecule is Fc1ccc(NCc2ccc(Br)cc2)cc1Cl. The summed E-state index contributed by atoms with van der Waals surface area (Å²) in [7, 11) is 0. The van der Waals surface area contributed by atoms with Gasteiger partial charge in [0.05, 0.1) is 5.02 Å². The van der Waals surface area contributed by atoms with Crippen molar-refractivity contribution in [2.75, 3.05) is 5.32 Å². The van der Waals surface area contributed by atoms with Crippen molar-refractivity contribution in [3.8, 4) is 0 Å². The Labute approximate surface area is 113 Å². The molecule has 2 rings (SSSR count). The predicted molar refractivity (Wildman–Crippen MR) is 72.9 cm³/mol. The fourth-order valence-corrected chi connectivity index (χ4v) is 1.86.